The van der Waals surface area contributed by atoms with Crippen molar-refractivity contribution in [3.63, 3.8) is 0 Å². The largest absolute Gasteiger partial charge is 0.316 e. The lowest BCUT2D eigenvalue weighted by Gasteiger charge is -2.29. The van der Waals surface area contributed by atoms with E-state index in [1.54, 1.807) is 0 Å². The molecule has 2 aliphatic carbocycles. The lowest BCUT2D eigenvalue weighted by molar-refractivity contribution is 0.286. The van der Waals surface area contributed by atoms with Gasteiger partial charge in [0.25, 0.3) is 0 Å². The molecule has 1 N–H and O–H groups in total. The van der Waals surface area contributed by atoms with E-state index in [0.717, 1.165) is 45.3 Å². The van der Waals surface area contributed by atoms with Gasteiger partial charge in [-0.25, -0.2) is 8.42 Å². The maximum atomic E-state index is 12.4. The van der Waals surface area contributed by atoms with E-state index in [1.807, 2.05) is 4.31 Å². The van der Waals surface area contributed by atoms with Crippen molar-refractivity contribution in [3.05, 3.63) is 0 Å². The molecule has 17 heavy (non-hydrogen) atoms. The third-order valence-electron chi connectivity index (χ3n) is 4.06. The minimum absolute atomic E-state index is 0.0420. The molecule has 98 valence electrons. The molecule has 1 atom stereocenters. The molecule has 1 aliphatic heterocycles. The van der Waals surface area contributed by atoms with Gasteiger partial charge in [0.1, 0.15) is 0 Å². The molecule has 0 aromatic heterocycles. The van der Waals surface area contributed by atoms with Gasteiger partial charge in [0.05, 0.1) is 5.25 Å². The van der Waals surface area contributed by atoms with Gasteiger partial charge >= 0.3 is 0 Å². The van der Waals surface area contributed by atoms with Crippen LogP contribution >= 0.6 is 0 Å². The number of piperidine rings is 1. The first-order chi connectivity index (χ1) is 8.18. The third-order valence-corrected chi connectivity index (χ3v) is 6.48. The molecule has 1 unspecified atom stereocenters. The van der Waals surface area contributed by atoms with Crippen molar-refractivity contribution in [1.82, 2.24) is 9.62 Å². The first-order valence-electron chi connectivity index (χ1n) is 6.89. The Morgan fingerprint density at radius 3 is 2.41 bits per heavy atom. The van der Waals surface area contributed by atoms with Crippen LogP contribution in [0.25, 0.3) is 0 Å². The fourth-order valence-electron chi connectivity index (χ4n) is 2.71. The van der Waals surface area contributed by atoms with Gasteiger partial charge in [-0.05, 0) is 57.5 Å². The summed E-state index contributed by atoms with van der Waals surface area (Å²) in [4.78, 5) is 0. The van der Waals surface area contributed by atoms with E-state index in [4.69, 9.17) is 0 Å². The maximum Gasteiger partial charge on any atom is 0.217 e. The zero-order valence-electron chi connectivity index (χ0n) is 10.3. The Labute approximate surface area is 104 Å². The van der Waals surface area contributed by atoms with E-state index in [-0.39, 0.29) is 5.25 Å². The highest BCUT2D eigenvalue weighted by Gasteiger charge is 2.46. The minimum atomic E-state index is -2.96. The van der Waals surface area contributed by atoms with Crippen molar-refractivity contribution >= 4 is 10.0 Å². The van der Waals surface area contributed by atoms with Crippen molar-refractivity contribution in [2.45, 2.75) is 49.8 Å². The van der Waals surface area contributed by atoms with Crippen molar-refractivity contribution in [2.75, 3.05) is 19.6 Å². The number of nitrogens with one attached hydrogen (secondary N) is 1. The molecule has 3 aliphatic rings. The van der Waals surface area contributed by atoms with Crippen molar-refractivity contribution in [3.8, 4) is 0 Å². The molecular weight excluding hydrogens is 236 g/mol. The van der Waals surface area contributed by atoms with E-state index in [0.29, 0.717) is 12.0 Å². The van der Waals surface area contributed by atoms with E-state index in [2.05, 4.69) is 5.32 Å². The van der Waals surface area contributed by atoms with Crippen LogP contribution in [0.15, 0.2) is 0 Å². The Hall–Kier alpha value is -0.130. The maximum absolute atomic E-state index is 12.4. The van der Waals surface area contributed by atoms with E-state index in [1.165, 1.54) is 12.8 Å². The lowest BCUT2D eigenvalue weighted by atomic mass is 10.00. The van der Waals surface area contributed by atoms with Crippen LogP contribution in [0.4, 0.5) is 0 Å². The molecule has 0 aromatic rings. The number of hydrogen-bond donors (Lipinski definition) is 1. The van der Waals surface area contributed by atoms with Crippen LogP contribution in [0.3, 0.4) is 0 Å². The second kappa shape index (κ2) is 4.52. The highest BCUT2D eigenvalue weighted by Crippen LogP contribution is 2.38. The summed E-state index contributed by atoms with van der Waals surface area (Å²) in [5.41, 5.74) is 0. The predicted molar refractivity (Wildman–Crippen MR) is 67.3 cm³/mol. The van der Waals surface area contributed by atoms with Gasteiger partial charge in [-0.2, -0.15) is 4.31 Å². The first kappa shape index (κ1) is 11.9. The highest BCUT2D eigenvalue weighted by molar-refractivity contribution is 7.90. The van der Waals surface area contributed by atoms with Crippen LogP contribution < -0.4 is 5.32 Å². The molecule has 0 radical (unpaired) electrons. The van der Waals surface area contributed by atoms with E-state index < -0.39 is 10.0 Å². The Balaban J connectivity index is 1.67. The van der Waals surface area contributed by atoms with E-state index in [9.17, 15) is 8.42 Å². The normalized spacial score (nSPS) is 30.8. The predicted octanol–water partition coefficient (Wildman–Crippen LogP) is 0.943. The number of hydrogen-bond acceptors (Lipinski definition) is 3. The Morgan fingerprint density at radius 2 is 1.88 bits per heavy atom. The standard InChI is InChI=1S/C12H22N2O2S/c15-17(16,12-5-6-12)14(11-3-4-11)9-10-2-1-7-13-8-10/h10-13H,1-9H2. The zero-order valence-corrected chi connectivity index (χ0v) is 11.1. The van der Waals surface area contributed by atoms with Crippen LogP contribution in [0.1, 0.15) is 38.5 Å². The molecule has 4 nitrogen and oxygen atoms in total. The molecule has 0 amide bonds. The molecule has 3 rings (SSSR count). The summed E-state index contributed by atoms with van der Waals surface area (Å²) in [6.07, 6.45) is 6.28. The van der Waals surface area contributed by atoms with Crippen molar-refractivity contribution in [2.24, 2.45) is 5.92 Å². The van der Waals surface area contributed by atoms with Crippen molar-refractivity contribution < 1.29 is 8.42 Å². The average Bonchev–Trinajstić information content (AvgIpc) is 3.19. The van der Waals surface area contributed by atoms with Gasteiger partial charge in [-0.1, -0.05) is 0 Å². The summed E-state index contributed by atoms with van der Waals surface area (Å²) < 4.78 is 26.6. The molecule has 5 heteroatoms. The third kappa shape index (κ3) is 2.66. The first-order valence-corrected chi connectivity index (χ1v) is 8.39. The fourth-order valence-corrected chi connectivity index (χ4v) is 4.87. The molecule has 2 saturated carbocycles. The second-order valence-electron chi connectivity index (χ2n) is 5.76. The zero-order chi connectivity index (χ0) is 11.9. The number of rotatable bonds is 5. The molecule has 0 aromatic carbocycles. The summed E-state index contributed by atoms with van der Waals surface area (Å²) in [5, 5.41) is 3.33. The van der Waals surface area contributed by atoms with Crippen LogP contribution in [-0.4, -0.2) is 43.6 Å². The smallest absolute Gasteiger partial charge is 0.217 e. The Kier molecular flexibility index (Phi) is 3.17. The lowest BCUT2D eigenvalue weighted by Crippen LogP contribution is -2.43. The summed E-state index contributed by atoms with van der Waals surface area (Å²) in [7, 11) is -2.96. The van der Waals surface area contributed by atoms with Crippen LogP contribution in [-0.2, 0) is 10.0 Å². The second-order valence-corrected chi connectivity index (χ2v) is 7.92. The van der Waals surface area contributed by atoms with Gasteiger partial charge in [0.15, 0.2) is 0 Å². The molecule has 1 heterocycles. The average molecular weight is 258 g/mol. The summed E-state index contributed by atoms with van der Waals surface area (Å²) >= 11 is 0. The van der Waals surface area contributed by atoms with Gasteiger partial charge < -0.3 is 5.32 Å². The monoisotopic (exact) mass is 258 g/mol. The van der Waals surface area contributed by atoms with Crippen LogP contribution in [0.5, 0.6) is 0 Å². The molecule has 0 spiro atoms. The number of sulfonamides is 1. The fraction of sp³-hybridized carbons (Fsp3) is 1.00. The van der Waals surface area contributed by atoms with Crippen molar-refractivity contribution in [1.29, 1.82) is 0 Å². The summed E-state index contributed by atoms with van der Waals surface area (Å²) in [5.74, 6) is 0.526. The van der Waals surface area contributed by atoms with Gasteiger partial charge in [-0.15, -0.1) is 0 Å². The van der Waals surface area contributed by atoms with Crippen LogP contribution in [0, 0.1) is 5.92 Å². The topological polar surface area (TPSA) is 49.4 Å². The molecule has 1 saturated heterocycles. The van der Waals surface area contributed by atoms with Crippen LogP contribution in [0.2, 0.25) is 0 Å². The highest BCUT2D eigenvalue weighted by atomic mass is 32.2. The summed E-state index contributed by atoms with van der Waals surface area (Å²) in [6, 6.07) is 0.336. The molecule has 0 bridgehead atoms. The SMILES string of the molecule is O=S(=O)(C1CC1)N(CC1CCCNC1)C1CC1. The summed E-state index contributed by atoms with van der Waals surface area (Å²) in [6.45, 7) is 2.84. The minimum Gasteiger partial charge on any atom is -0.316 e. The van der Waals surface area contributed by atoms with Gasteiger partial charge in [0, 0.05) is 12.6 Å². The number of nitrogens with zero attached hydrogens (tertiary/aromatic N) is 1. The molecular formula is C12H22N2O2S. The Morgan fingerprint density at radius 1 is 1.12 bits per heavy atom. The molecule has 3 fully saturated rings. The Bertz CT molecular complexity index is 368. The van der Waals surface area contributed by atoms with Gasteiger partial charge in [-0.3, -0.25) is 0 Å². The quantitative estimate of drug-likeness (QED) is 0.798. The van der Waals surface area contributed by atoms with Gasteiger partial charge in [0.2, 0.25) is 10.0 Å². The van der Waals surface area contributed by atoms with E-state index >= 15 is 0 Å².